The van der Waals surface area contributed by atoms with E-state index < -0.39 is 22.0 Å². The topological polar surface area (TPSA) is 128 Å². The molecule has 2 aromatic carbocycles. The van der Waals surface area contributed by atoms with Gasteiger partial charge >= 0.3 is 0 Å². The van der Waals surface area contributed by atoms with Crippen LogP contribution in [0.1, 0.15) is 13.3 Å². The second-order valence-electron chi connectivity index (χ2n) is 7.73. The molecule has 2 heterocycles. The zero-order valence-corrected chi connectivity index (χ0v) is 18.7. The summed E-state index contributed by atoms with van der Waals surface area (Å²) >= 11 is 0. The third kappa shape index (κ3) is 4.78. The molecule has 11 heteroatoms. The van der Waals surface area contributed by atoms with Gasteiger partial charge in [-0.3, -0.25) is 19.4 Å². The summed E-state index contributed by atoms with van der Waals surface area (Å²) < 4.78 is 26.9. The first-order valence-corrected chi connectivity index (χ1v) is 11.8. The minimum Gasteiger partial charge on any atom is -0.354 e. The van der Waals surface area contributed by atoms with Gasteiger partial charge in [-0.1, -0.05) is 24.3 Å². The van der Waals surface area contributed by atoms with Gasteiger partial charge in [-0.05, 0) is 37.3 Å². The lowest BCUT2D eigenvalue weighted by molar-refractivity contribution is -0.122. The molecular weight excluding hydrogens is 446 g/mol. The highest BCUT2D eigenvalue weighted by atomic mass is 32.2. The number of carbonyl (C=O) groups is 3. The predicted molar refractivity (Wildman–Crippen MR) is 122 cm³/mol. The number of hydrazone groups is 1. The normalized spacial score (nSPS) is 19.1. The Bertz CT molecular complexity index is 1230. The van der Waals surface area contributed by atoms with Crippen molar-refractivity contribution in [3.05, 3.63) is 54.6 Å². The van der Waals surface area contributed by atoms with E-state index in [-0.39, 0.29) is 54.0 Å². The number of amides is 2. The second kappa shape index (κ2) is 9.12. The van der Waals surface area contributed by atoms with Gasteiger partial charge in [0.2, 0.25) is 15.9 Å². The molecule has 0 saturated carbocycles. The number of hydrogen-bond donors (Lipinski definition) is 2. The number of Topliss-reactive ketones (excluding diaryl/α,β-unsaturated/α-hetero) is 1. The van der Waals surface area contributed by atoms with Gasteiger partial charge in [0, 0.05) is 25.2 Å². The summed E-state index contributed by atoms with van der Waals surface area (Å²) in [6.45, 7) is 1.61. The molecule has 1 unspecified atom stereocenters. The van der Waals surface area contributed by atoms with Crippen molar-refractivity contribution in [2.24, 2.45) is 5.10 Å². The molecule has 0 aromatic heterocycles. The molecule has 2 aliphatic heterocycles. The summed E-state index contributed by atoms with van der Waals surface area (Å²) in [5, 5.41) is 11.1. The Kier molecular flexibility index (Phi) is 6.25. The number of para-hydroxylation sites is 1. The maximum atomic E-state index is 12.9. The monoisotopic (exact) mass is 469 g/mol. The van der Waals surface area contributed by atoms with Crippen molar-refractivity contribution >= 4 is 44.7 Å². The largest absolute Gasteiger partial charge is 0.354 e. The zero-order valence-electron chi connectivity index (χ0n) is 17.9. The van der Waals surface area contributed by atoms with Crippen LogP contribution in [0.25, 0.3) is 0 Å². The molecular formula is C22H23N5O5S. The molecule has 2 aromatic rings. The van der Waals surface area contributed by atoms with Crippen LogP contribution in [0.5, 0.6) is 0 Å². The fraction of sp³-hybridized carbons (Fsp3) is 0.273. The first-order valence-electron chi connectivity index (χ1n) is 10.4. The van der Waals surface area contributed by atoms with Crippen LogP contribution in [-0.4, -0.2) is 61.7 Å². The number of carbonyl (C=O) groups excluding carboxylic acids is 3. The van der Waals surface area contributed by atoms with Crippen molar-refractivity contribution in [2.45, 2.75) is 24.3 Å². The highest BCUT2D eigenvalue weighted by Crippen LogP contribution is 2.26. The van der Waals surface area contributed by atoms with Crippen LogP contribution < -0.4 is 15.6 Å². The summed E-state index contributed by atoms with van der Waals surface area (Å²) in [5.74, 6) is -1.01. The average Bonchev–Trinajstić information content (AvgIpc) is 3.26. The van der Waals surface area contributed by atoms with Gasteiger partial charge in [0.05, 0.1) is 17.1 Å². The molecule has 1 saturated heterocycles. The molecule has 2 amide bonds. The standard InChI is InChI=1S/C22H23N5O5S/c1-15(28)20-13-19(25-27(20)17-7-3-2-4-8-17)22(30)24-16-6-5-9-18(12-16)33(31,32)26-11-10-23-21(29)14-26/h2-9,12,20H,10-11,13-14H2,1H3,(H,23,29)(H,24,30). The lowest BCUT2D eigenvalue weighted by atomic mass is 10.1. The van der Waals surface area contributed by atoms with E-state index in [0.29, 0.717) is 5.69 Å². The van der Waals surface area contributed by atoms with Gasteiger partial charge in [0.1, 0.15) is 11.8 Å². The zero-order chi connectivity index (χ0) is 23.6. The van der Waals surface area contributed by atoms with Crippen LogP contribution in [0.3, 0.4) is 0 Å². The number of hydrogen-bond acceptors (Lipinski definition) is 7. The summed E-state index contributed by atoms with van der Waals surface area (Å²) in [6, 6.07) is 14.3. The van der Waals surface area contributed by atoms with Gasteiger partial charge in [-0.15, -0.1) is 0 Å². The lowest BCUT2D eigenvalue weighted by Gasteiger charge is -2.26. The fourth-order valence-corrected chi connectivity index (χ4v) is 5.13. The van der Waals surface area contributed by atoms with E-state index in [9.17, 15) is 22.8 Å². The Morgan fingerprint density at radius 1 is 1.12 bits per heavy atom. The summed E-state index contributed by atoms with van der Waals surface area (Å²) in [7, 11) is -3.90. The van der Waals surface area contributed by atoms with E-state index in [0.717, 1.165) is 4.31 Å². The van der Waals surface area contributed by atoms with Gasteiger partial charge < -0.3 is 10.6 Å². The van der Waals surface area contributed by atoms with Gasteiger partial charge in [0.15, 0.2) is 5.78 Å². The summed E-state index contributed by atoms with van der Waals surface area (Å²) in [4.78, 5) is 36.6. The molecule has 0 radical (unpaired) electrons. The Morgan fingerprint density at radius 3 is 2.58 bits per heavy atom. The molecule has 1 atom stereocenters. The van der Waals surface area contributed by atoms with E-state index in [4.69, 9.17) is 0 Å². The number of sulfonamides is 1. The summed E-state index contributed by atoms with van der Waals surface area (Å²) in [5.41, 5.74) is 1.13. The number of anilines is 2. The van der Waals surface area contributed by atoms with Crippen molar-refractivity contribution < 1.29 is 22.8 Å². The molecule has 2 aliphatic rings. The lowest BCUT2D eigenvalue weighted by Crippen LogP contribution is -2.49. The molecule has 0 bridgehead atoms. The summed E-state index contributed by atoms with van der Waals surface area (Å²) in [6.07, 6.45) is 0.136. The van der Waals surface area contributed by atoms with E-state index in [1.807, 2.05) is 18.2 Å². The van der Waals surface area contributed by atoms with Gasteiger partial charge in [0.25, 0.3) is 5.91 Å². The molecule has 0 spiro atoms. The van der Waals surface area contributed by atoms with Gasteiger partial charge in [-0.2, -0.15) is 9.41 Å². The Morgan fingerprint density at radius 2 is 1.88 bits per heavy atom. The minimum absolute atomic E-state index is 0.0316. The fourth-order valence-electron chi connectivity index (χ4n) is 3.69. The predicted octanol–water partition coefficient (Wildman–Crippen LogP) is 0.970. The van der Waals surface area contributed by atoms with Crippen molar-refractivity contribution in [2.75, 3.05) is 30.0 Å². The number of benzene rings is 2. The van der Waals surface area contributed by atoms with Crippen LogP contribution >= 0.6 is 0 Å². The van der Waals surface area contributed by atoms with Crippen LogP contribution in [0.15, 0.2) is 64.6 Å². The molecule has 4 rings (SSSR count). The molecule has 172 valence electrons. The first-order chi connectivity index (χ1) is 15.8. The highest BCUT2D eigenvalue weighted by molar-refractivity contribution is 7.89. The highest BCUT2D eigenvalue weighted by Gasteiger charge is 2.34. The molecule has 1 fully saturated rings. The number of piperazine rings is 1. The molecule has 0 aliphatic carbocycles. The van der Waals surface area contributed by atoms with Crippen LogP contribution in [-0.2, 0) is 24.4 Å². The first kappa shape index (κ1) is 22.6. The average molecular weight is 470 g/mol. The molecule has 33 heavy (non-hydrogen) atoms. The van der Waals surface area contributed by atoms with Crippen LogP contribution in [0, 0.1) is 0 Å². The van der Waals surface area contributed by atoms with Gasteiger partial charge in [-0.25, -0.2) is 8.42 Å². The second-order valence-corrected chi connectivity index (χ2v) is 9.67. The SMILES string of the molecule is CC(=O)C1CC(C(=O)Nc2cccc(S(=O)(=O)N3CCNC(=O)C3)c2)=NN1c1ccccc1. The minimum atomic E-state index is -3.90. The number of nitrogens with zero attached hydrogens (tertiary/aromatic N) is 3. The van der Waals surface area contributed by atoms with Crippen LogP contribution in [0.4, 0.5) is 11.4 Å². The van der Waals surface area contributed by atoms with E-state index in [2.05, 4.69) is 15.7 Å². The number of nitrogens with one attached hydrogen (secondary N) is 2. The number of ketones is 1. The van der Waals surface area contributed by atoms with Crippen molar-refractivity contribution in [3.63, 3.8) is 0 Å². The van der Waals surface area contributed by atoms with Crippen LogP contribution in [0.2, 0.25) is 0 Å². The Balaban J connectivity index is 1.53. The maximum absolute atomic E-state index is 12.9. The third-order valence-corrected chi connectivity index (χ3v) is 7.24. The van der Waals surface area contributed by atoms with E-state index in [1.54, 1.807) is 18.2 Å². The molecule has 2 N–H and O–H groups in total. The smallest absolute Gasteiger partial charge is 0.271 e. The Hall–Kier alpha value is -3.57. The third-order valence-electron chi connectivity index (χ3n) is 5.40. The molecule has 10 nitrogen and oxygen atoms in total. The maximum Gasteiger partial charge on any atom is 0.271 e. The van der Waals surface area contributed by atoms with E-state index >= 15 is 0 Å². The number of rotatable bonds is 6. The van der Waals surface area contributed by atoms with Crippen molar-refractivity contribution in [1.29, 1.82) is 0 Å². The van der Waals surface area contributed by atoms with Crippen molar-refractivity contribution in [1.82, 2.24) is 9.62 Å². The van der Waals surface area contributed by atoms with E-state index in [1.165, 1.54) is 30.1 Å². The van der Waals surface area contributed by atoms with Crippen molar-refractivity contribution in [3.8, 4) is 0 Å². The quantitative estimate of drug-likeness (QED) is 0.649. The Labute approximate surface area is 191 Å².